The van der Waals surface area contributed by atoms with Gasteiger partial charge in [0, 0.05) is 23.8 Å². The second kappa shape index (κ2) is 5.64. The van der Waals surface area contributed by atoms with Gasteiger partial charge in [-0.25, -0.2) is 0 Å². The third-order valence-corrected chi connectivity index (χ3v) is 6.81. The number of aliphatic hydroxyl groups is 1. The fourth-order valence-corrected chi connectivity index (χ4v) is 5.84. The lowest BCUT2D eigenvalue weighted by atomic mass is 9.79. The zero-order chi connectivity index (χ0) is 15.3. The Morgan fingerprint density at radius 2 is 2.00 bits per heavy atom. The molecule has 2 bridgehead atoms. The Bertz CT molecular complexity index is 553. The summed E-state index contributed by atoms with van der Waals surface area (Å²) in [7, 11) is 0. The molecular formula is C18H29N3O. The van der Waals surface area contributed by atoms with Crippen molar-refractivity contribution >= 4 is 0 Å². The van der Waals surface area contributed by atoms with Gasteiger partial charge in [-0.2, -0.15) is 5.10 Å². The van der Waals surface area contributed by atoms with Gasteiger partial charge in [0.1, 0.15) is 0 Å². The van der Waals surface area contributed by atoms with Crippen LogP contribution in [0.3, 0.4) is 0 Å². The van der Waals surface area contributed by atoms with Crippen molar-refractivity contribution in [2.75, 3.05) is 6.61 Å². The van der Waals surface area contributed by atoms with Crippen LogP contribution < -0.4 is 5.32 Å². The molecular weight excluding hydrogens is 274 g/mol. The van der Waals surface area contributed by atoms with Crippen molar-refractivity contribution in [1.82, 2.24) is 15.1 Å². The van der Waals surface area contributed by atoms with E-state index in [1.807, 2.05) is 4.68 Å². The Labute approximate surface area is 133 Å². The van der Waals surface area contributed by atoms with Crippen molar-refractivity contribution in [2.45, 2.75) is 65.1 Å². The molecule has 3 fully saturated rings. The topological polar surface area (TPSA) is 50.1 Å². The molecule has 3 aliphatic rings. The molecule has 0 spiro atoms. The van der Waals surface area contributed by atoms with E-state index in [1.54, 1.807) is 0 Å². The highest BCUT2D eigenvalue weighted by atomic mass is 16.3. The Hall–Kier alpha value is -0.870. The highest BCUT2D eigenvalue weighted by Gasteiger charge is 2.53. The maximum atomic E-state index is 9.13. The van der Waals surface area contributed by atoms with Gasteiger partial charge >= 0.3 is 0 Å². The molecule has 2 N–H and O–H groups in total. The lowest BCUT2D eigenvalue weighted by Crippen LogP contribution is -2.39. The summed E-state index contributed by atoms with van der Waals surface area (Å²) in [5, 5.41) is 17.6. The molecule has 5 unspecified atom stereocenters. The van der Waals surface area contributed by atoms with Crippen LogP contribution in [0.15, 0.2) is 0 Å². The summed E-state index contributed by atoms with van der Waals surface area (Å²) in [5.74, 6) is 4.04. The van der Waals surface area contributed by atoms with Gasteiger partial charge in [-0.3, -0.25) is 4.68 Å². The smallest absolute Gasteiger partial charge is 0.0644 e. The Kier molecular flexibility index (Phi) is 3.77. The first-order valence-electron chi connectivity index (χ1n) is 9.06. The molecule has 4 heteroatoms. The quantitative estimate of drug-likeness (QED) is 0.878. The predicted molar refractivity (Wildman–Crippen MR) is 86.5 cm³/mol. The first-order chi connectivity index (χ1) is 10.7. The number of aryl methyl sites for hydroxylation is 1. The first-order valence-corrected chi connectivity index (χ1v) is 9.06. The highest BCUT2D eigenvalue weighted by molar-refractivity contribution is 5.24. The number of aliphatic hydroxyl groups excluding tert-OH is 1. The molecule has 22 heavy (non-hydrogen) atoms. The van der Waals surface area contributed by atoms with Gasteiger partial charge in [0.25, 0.3) is 0 Å². The fourth-order valence-electron chi connectivity index (χ4n) is 5.84. The van der Waals surface area contributed by atoms with Gasteiger partial charge < -0.3 is 10.4 Å². The zero-order valence-corrected chi connectivity index (χ0v) is 13.9. The molecule has 1 aromatic rings. The average Bonchev–Trinajstić information content (AvgIpc) is 3.21. The van der Waals surface area contributed by atoms with Crippen molar-refractivity contribution < 1.29 is 5.11 Å². The number of rotatable bonds is 5. The number of aromatic nitrogens is 2. The average molecular weight is 303 g/mol. The van der Waals surface area contributed by atoms with Crippen LogP contribution in [0.1, 0.15) is 49.1 Å². The lowest BCUT2D eigenvalue weighted by molar-refractivity contribution is 0.208. The van der Waals surface area contributed by atoms with Crippen LogP contribution in [0.5, 0.6) is 0 Å². The molecule has 0 saturated heterocycles. The van der Waals surface area contributed by atoms with E-state index in [2.05, 4.69) is 24.3 Å². The third-order valence-electron chi connectivity index (χ3n) is 6.81. The summed E-state index contributed by atoms with van der Waals surface area (Å²) in [6, 6.07) is 0.726. The number of hydrogen-bond donors (Lipinski definition) is 2. The summed E-state index contributed by atoms with van der Waals surface area (Å²) in [4.78, 5) is 0. The molecule has 0 aliphatic heterocycles. The summed E-state index contributed by atoms with van der Waals surface area (Å²) < 4.78 is 1.94. The Balaban J connectivity index is 1.42. The second-order valence-electron chi connectivity index (χ2n) is 7.74. The van der Waals surface area contributed by atoms with Crippen LogP contribution >= 0.6 is 0 Å². The van der Waals surface area contributed by atoms with E-state index >= 15 is 0 Å². The molecule has 4 rings (SSSR count). The number of nitrogens with one attached hydrogen (secondary N) is 1. The van der Waals surface area contributed by atoms with E-state index in [9.17, 15) is 0 Å². The molecule has 1 aromatic heterocycles. The van der Waals surface area contributed by atoms with Gasteiger partial charge in [0.2, 0.25) is 0 Å². The van der Waals surface area contributed by atoms with Gasteiger partial charge in [0.05, 0.1) is 18.8 Å². The van der Waals surface area contributed by atoms with E-state index in [0.717, 1.165) is 42.0 Å². The maximum Gasteiger partial charge on any atom is 0.0644 e. The van der Waals surface area contributed by atoms with Crippen molar-refractivity contribution in [3.05, 3.63) is 17.0 Å². The second-order valence-corrected chi connectivity index (χ2v) is 7.74. The molecule has 3 aliphatic carbocycles. The van der Waals surface area contributed by atoms with Crippen molar-refractivity contribution in [3.63, 3.8) is 0 Å². The van der Waals surface area contributed by atoms with Crippen LogP contribution in [0.4, 0.5) is 0 Å². The lowest BCUT2D eigenvalue weighted by Gasteiger charge is -2.32. The van der Waals surface area contributed by atoms with Crippen molar-refractivity contribution in [3.8, 4) is 0 Å². The number of hydrogen-bond acceptors (Lipinski definition) is 3. The van der Waals surface area contributed by atoms with Crippen LogP contribution in [-0.2, 0) is 13.1 Å². The minimum Gasteiger partial charge on any atom is -0.394 e. The first kappa shape index (κ1) is 14.7. The van der Waals surface area contributed by atoms with Gasteiger partial charge in [-0.1, -0.05) is 6.42 Å². The van der Waals surface area contributed by atoms with Gasteiger partial charge in [-0.15, -0.1) is 0 Å². The molecule has 122 valence electrons. The standard InChI is InChI=1S/C18H29N3O/c1-11-17(12(2)21(20-11)6-7-22)10-19-18-9-13-8-16(18)15-5-3-4-14(13)15/h13-16,18-19,22H,3-10H2,1-2H3. The Morgan fingerprint density at radius 3 is 2.82 bits per heavy atom. The zero-order valence-electron chi connectivity index (χ0n) is 13.9. The third kappa shape index (κ3) is 2.23. The van der Waals surface area contributed by atoms with Crippen LogP contribution in [-0.4, -0.2) is 27.5 Å². The molecule has 0 aromatic carbocycles. The van der Waals surface area contributed by atoms with E-state index in [4.69, 9.17) is 5.11 Å². The van der Waals surface area contributed by atoms with E-state index in [1.165, 1.54) is 43.4 Å². The number of nitrogens with zero attached hydrogens (tertiary/aromatic N) is 2. The molecule has 3 saturated carbocycles. The molecule has 0 radical (unpaired) electrons. The highest BCUT2D eigenvalue weighted by Crippen LogP contribution is 2.58. The van der Waals surface area contributed by atoms with Crippen molar-refractivity contribution in [2.24, 2.45) is 23.7 Å². The van der Waals surface area contributed by atoms with Gasteiger partial charge in [-0.05, 0) is 63.2 Å². The molecule has 4 nitrogen and oxygen atoms in total. The van der Waals surface area contributed by atoms with E-state index < -0.39 is 0 Å². The van der Waals surface area contributed by atoms with Crippen LogP contribution in [0.25, 0.3) is 0 Å². The fraction of sp³-hybridized carbons (Fsp3) is 0.833. The summed E-state index contributed by atoms with van der Waals surface area (Å²) in [6.45, 7) is 5.91. The largest absolute Gasteiger partial charge is 0.394 e. The van der Waals surface area contributed by atoms with Crippen LogP contribution in [0.2, 0.25) is 0 Å². The van der Waals surface area contributed by atoms with Crippen LogP contribution in [0, 0.1) is 37.5 Å². The monoisotopic (exact) mass is 303 g/mol. The minimum atomic E-state index is 0.157. The number of fused-ring (bicyclic) bond motifs is 5. The summed E-state index contributed by atoms with van der Waals surface area (Å²) >= 11 is 0. The van der Waals surface area contributed by atoms with E-state index in [-0.39, 0.29) is 6.61 Å². The summed E-state index contributed by atoms with van der Waals surface area (Å²) in [5.41, 5.74) is 3.65. The normalized spacial score (nSPS) is 36.2. The molecule has 5 atom stereocenters. The summed E-state index contributed by atoms with van der Waals surface area (Å²) in [6.07, 6.45) is 7.34. The maximum absolute atomic E-state index is 9.13. The predicted octanol–water partition coefficient (Wildman–Crippen LogP) is 2.41. The minimum absolute atomic E-state index is 0.157. The van der Waals surface area contributed by atoms with E-state index in [0.29, 0.717) is 6.54 Å². The van der Waals surface area contributed by atoms with Gasteiger partial charge in [0.15, 0.2) is 0 Å². The SMILES string of the molecule is Cc1nn(CCO)c(C)c1CNC1CC2CC1C1CCCC21. The van der Waals surface area contributed by atoms with Crippen molar-refractivity contribution in [1.29, 1.82) is 0 Å². The molecule has 1 heterocycles. The molecule has 0 amide bonds. The Morgan fingerprint density at radius 1 is 1.18 bits per heavy atom.